The van der Waals surface area contributed by atoms with Crippen molar-refractivity contribution in [3.05, 3.63) is 53.3 Å². The molecule has 0 amide bonds. The summed E-state index contributed by atoms with van der Waals surface area (Å²) in [5, 5.41) is 0. The number of ether oxygens (including phenoxy) is 3. The van der Waals surface area contributed by atoms with Gasteiger partial charge in [-0.25, -0.2) is 0 Å². The van der Waals surface area contributed by atoms with E-state index in [1.165, 1.54) is 7.11 Å². The maximum atomic E-state index is 12.6. The molecule has 0 radical (unpaired) electrons. The first-order valence-electron chi connectivity index (χ1n) is 7.51. The van der Waals surface area contributed by atoms with Crippen LogP contribution in [0.1, 0.15) is 15.9 Å². The van der Waals surface area contributed by atoms with Gasteiger partial charge in [0.25, 0.3) is 0 Å². The molecular weight excluding hydrogens is 306 g/mol. The molecule has 0 atom stereocenters. The van der Waals surface area contributed by atoms with Crippen molar-refractivity contribution in [2.45, 2.75) is 0 Å². The molecule has 0 fully saturated rings. The topological polar surface area (TPSA) is 48.0 Å². The molecule has 0 aliphatic carbocycles. The van der Waals surface area contributed by atoms with Crippen LogP contribution in [0, 0.1) is 0 Å². The summed E-state index contributed by atoms with van der Waals surface area (Å²) in [6.45, 7) is 0. The maximum Gasteiger partial charge on any atom is 0.235 e. The number of rotatable bonds is 4. The largest absolute Gasteiger partial charge is 0.496 e. The van der Waals surface area contributed by atoms with Crippen LogP contribution < -0.4 is 19.1 Å². The van der Waals surface area contributed by atoms with Gasteiger partial charge in [0.1, 0.15) is 22.8 Å². The van der Waals surface area contributed by atoms with Crippen molar-refractivity contribution in [3.8, 4) is 17.2 Å². The summed E-state index contributed by atoms with van der Waals surface area (Å²) in [5.41, 5.74) is 2.41. The fraction of sp³-hybridized carbons (Fsp3) is 0.211. The van der Waals surface area contributed by atoms with Gasteiger partial charge in [0.2, 0.25) is 5.78 Å². The molecule has 5 heteroatoms. The van der Waals surface area contributed by atoms with E-state index in [4.69, 9.17) is 14.2 Å². The van der Waals surface area contributed by atoms with Crippen molar-refractivity contribution >= 4 is 17.5 Å². The van der Waals surface area contributed by atoms with E-state index >= 15 is 0 Å². The summed E-state index contributed by atoms with van der Waals surface area (Å²) >= 11 is 0. The fourth-order valence-electron chi connectivity index (χ4n) is 2.55. The molecule has 0 aromatic heterocycles. The Labute approximate surface area is 141 Å². The number of Topliss-reactive ketones (excluding diaryl/α,β-unsaturated/α-hetero) is 1. The first kappa shape index (κ1) is 15.9. The molecule has 0 N–H and O–H groups in total. The number of hydrogen-bond donors (Lipinski definition) is 0. The summed E-state index contributed by atoms with van der Waals surface area (Å²) in [5.74, 6) is 1.55. The van der Waals surface area contributed by atoms with Crippen LogP contribution in [0.5, 0.6) is 17.2 Å². The summed E-state index contributed by atoms with van der Waals surface area (Å²) < 4.78 is 16.2. The smallest absolute Gasteiger partial charge is 0.235 e. The van der Waals surface area contributed by atoms with Crippen LogP contribution in [0.3, 0.4) is 0 Å². The standard InChI is InChI=1S/C19H19NO4/c1-20(2)13-7-5-12(6-8-13)9-17-19(21)18-15(23-4)10-14(22-3)11-16(18)24-17/h5-11H,1-4H3/b17-9-. The van der Waals surface area contributed by atoms with Crippen LogP contribution in [0.2, 0.25) is 0 Å². The average Bonchev–Trinajstić information content (AvgIpc) is 2.90. The Kier molecular flexibility index (Phi) is 4.16. The minimum absolute atomic E-state index is 0.193. The normalized spacial score (nSPS) is 14.3. The highest BCUT2D eigenvalue weighted by Crippen LogP contribution is 2.41. The Hall–Kier alpha value is -2.95. The Morgan fingerprint density at radius 1 is 1.04 bits per heavy atom. The van der Waals surface area contributed by atoms with E-state index in [0.717, 1.165) is 11.3 Å². The molecule has 0 saturated heterocycles. The molecule has 0 bridgehead atoms. The molecule has 1 aliphatic rings. The van der Waals surface area contributed by atoms with Gasteiger partial charge < -0.3 is 19.1 Å². The number of fused-ring (bicyclic) bond motifs is 1. The van der Waals surface area contributed by atoms with Crippen LogP contribution in [0.25, 0.3) is 6.08 Å². The lowest BCUT2D eigenvalue weighted by Crippen LogP contribution is -2.08. The lowest BCUT2D eigenvalue weighted by Gasteiger charge is -2.11. The molecule has 2 aromatic rings. The molecular formula is C19H19NO4. The van der Waals surface area contributed by atoms with E-state index in [2.05, 4.69) is 0 Å². The summed E-state index contributed by atoms with van der Waals surface area (Å²) in [6.07, 6.45) is 1.73. The Balaban J connectivity index is 1.95. The third-order valence-corrected chi connectivity index (χ3v) is 3.87. The number of anilines is 1. The van der Waals surface area contributed by atoms with Crippen molar-refractivity contribution < 1.29 is 19.0 Å². The van der Waals surface area contributed by atoms with E-state index < -0.39 is 0 Å². The van der Waals surface area contributed by atoms with Crippen LogP contribution in [-0.2, 0) is 0 Å². The van der Waals surface area contributed by atoms with Gasteiger partial charge in [-0.1, -0.05) is 12.1 Å². The predicted octanol–water partition coefficient (Wildman–Crippen LogP) is 3.39. The highest BCUT2D eigenvalue weighted by molar-refractivity contribution is 6.16. The number of carbonyl (C=O) groups is 1. The van der Waals surface area contributed by atoms with Crippen LogP contribution in [0.4, 0.5) is 5.69 Å². The third kappa shape index (κ3) is 2.80. The van der Waals surface area contributed by atoms with Gasteiger partial charge >= 0.3 is 0 Å². The lowest BCUT2D eigenvalue weighted by atomic mass is 10.1. The Bertz CT molecular complexity index is 807. The molecule has 124 valence electrons. The number of nitrogens with zero attached hydrogens (tertiary/aromatic N) is 1. The van der Waals surface area contributed by atoms with E-state index in [0.29, 0.717) is 22.8 Å². The van der Waals surface area contributed by atoms with Gasteiger partial charge in [-0.2, -0.15) is 0 Å². The van der Waals surface area contributed by atoms with E-state index in [-0.39, 0.29) is 11.5 Å². The maximum absolute atomic E-state index is 12.6. The highest BCUT2D eigenvalue weighted by atomic mass is 16.5. The quantitative estimate of drug-likeness (QED) is 0.807. The van der Waals surface area contributed by atoms with Gasteiger partial charge in [-0.3, -0.25) is 4.79 Å². The summed E-state index contributed by atoms with van der Waals surface area (Å²) in [6, 6.07) is 11.2. The molecule has 1 heterocycles. The van der Waals surface area contributed by atoms with E-state index in [1.54, 1.807) is 25.3 Å². The monoisotopic (exact) mass is 325 g/mol. The number of ketones is 1. The summed E-state index contributed by atoms with van der Waals surface area (Å²) in [7, 11) is 7.03. The molecule has 2 aromatic carbocycles. The average molecular weight is 325 g/mol. The van der Waals surface area contributed by atoms with Gasteiger partial charge in [0.15, 0.2) is 5.76 Å². The minimum atomic E-state index is -0.193. The number of allylic oxidation sites excluding steroid dienone is 1. The molecule has 5 nitrogen and oxygen atoms in total. The van der Waals surface area contributed by atoms with Crippen LogP contribution >= 0.6 is 0 Å². The van der Waals surface area contributed by atoms with Gasteiger partial charge in [-0.05, 0) is 23.8 Å². The van der Waals surface area contributed by atoms with Crippen molar-refractivity contribution in [2.75, 3.05) is 33.2 Å². The van der Waals surface area contributed by atoms with Crippen molar-refractivity contribution in [3.63, 3.8) is 0 Å². The second kappa shape index (κ2) is 6.28. The number of benzene rings is 2. The van der Waals surface area contributed by atoms with Gasteiger partial charge in [0.05, 0.1) is 14.2 Å². The fourth-order valence-corrected chi connectivity index (χ4v) is 2.55. The van der Waals surface area contributed by atoms with Crippen LogP contribution in [-0.4, -0.2) is 34.1 Å². The molecule has 3 rings (SSSR count). The summed E-state index contributed by atoms with van der Waals surface area (Å²) in [4.78, 5) is 14.6. The van der Waals surface area contributed by atoms with Crippen LogP contribution in [0.15, 0.2) is 42.2 Å². The first-order valence-corrected chi connectivity index (χ1v) is 7.51. The SMILES string of the molecule is COc1cc(OC)c2c(c1)O/C(=C\c1ccc(N(C)C)cc1)C2=O. The van der Waals surface area contributed by atoms with Crippen molar-refractivity contribution in [1.29, 1.82) is 0 Å². The molecule has 1 aliphatic heterocycles. The van der Waals surface area contributed by atoms with Crippen molar-refractivity contribution in [1.82, 2.24) is 0 Å². The number of methoxy groups -OCH3 is 2. The second-order valence-corrected chi connectivity index (χ2v) is 5.63. The predicted molar refractivity (Wildman–Crippen MR) is 93.3 cm³/mol. The lowest BCUT2D eigenvalue weighted by molar-refractivity contribution is 0.101. The first-order chi connectivity index (χ1) is 11.5. The second-order valence-electron chi connectivity index (χ2n) is 5.63. The molecule has 0 unspecified atom stereocenters. The zero-order valence-electron chi connectivity index (χ0n) is 14.1. The third-order valence-electron chi connectivity index (χ3n) is 3.87. The Morgan fingerprint density at radius 2 is 1.75 bits per heavy atom. The van der Waals surface area contributed by atoms with Crippen molar-refractivity contribution in [2.24, 2.45) is 0 Å². The van der Waals surface area contributed by atoms with E-state index in [9.17, 15) is 4.79 Å². The van der Waals surface area contributed by atoms with E-state index in [1.807, 2.05) is 43.3 Å². The number of carbonyl (C=O) groups excluding carboxylic acids is 1. The highest BCUT2D eigenvalue weighted by Gasteiger charge is 2.32. The zero-order chi connectivity index (χ0) is 17.3. The molecule has 0 saturated carbocycles. The minimum Gasteiger partial charge on any atom is -0.496 e. The van der Waals surface area contributed by atoms with Gasteiger partial charge in [-0.15, -0.1) is 0 Å². The Morgan fingerprint density at radius 3 is 2.33 bits per heavy atom. The zero-order valence-corrected chi connectivity index (χ0v) is 14.1. The molecule has 0 spiro atoms. The number of hydrogen-bond acceptors (Lipinski definition) is 5. The molecule has 24 heavy (non-hydrogen) atoms. The van der Waals surface area contributed by atoms with Gasteiger partial charge in [0, 0.05) is 31.9 Å².